The summed E-state index contributed by atoms with van der Waals surface area (Å²) in [5.41, 5.74) is 2.48. The highest BCUT2D eigenvalue weighted by atomic mass is 32.2. The van der Waals surface area contributed by atoms with Crippen LogP contribution < -0.4 is 0 Å². The van der Waals surface area contributed by atoms with Gasteiger partial charge >= 0.3 is 0 Å². The molecule has 0 unspecified atom stereocenters. The topological polar surface area (TPSA) is 40.9 Å². The predicted molar refractivity (Wildman–Crippen MR) is 76.5 cm³/mol. The van der Waals surface area contributed by atoms with Gasteiger partial charge in [-0.3, -0.25) is 4.79 Å². The Balaban J connectivity index is 2.22. The summed E-state index contributed by atoms with van der Waals surface area (Å²) >= 11 is 1.63. The molecule has 0 atom stereocenters. The monoisotopic (exact) mass is 267 g/mol. The fourth-order valence-electron chi connectivity index (χ4n) is 1.72. The van der Waals surface area contributed by atoms with E-state index in [1.54, 1.807) is 18.7 Å². The lowest BCUT2D eigenvalue weighted by Crippen LogP contribution is -1.90. The molecule has 0 spiro atoms. The van der Waals surface area contributed by atoms with Gasteiger partial charge in [0.15, 0.2) is 5.78 Å². The molecule has 0 N–H and O–H groups in total. The summed E-state index contributed by atoms with van der Waals surface area (Å²) in [5.74, 6) is 0.0751. The summed E-state index contributed by atoms with van der Waals surface area (Å²) in [7, 11) is 0. The molecule has 0 radical (unpaired) electrons. The van der Waals surface area contributed by atoms with Gasteiger partial charge in [-0.05, 0) is 49.7 Å². The lowest BCUT2D eigenvalue weighted by Gasteiger charge is -2.06. The molecular weight excluding hydrogens is 254 g/mol. The van der Waals surface area contributed by atoms with E-state index < -0.39 is 0 Å². The van der Waals surface area contributed by atoms with E-state index in [9.17, 15) is 4.79 Å². The van der Waals surface area contributed by atoms with Crippen LogP contribution in [0, 0.1) is 18.3 Å². The molecular formula is C16H13NOS. The molecule has 2 nitrogen and oxygen atoms in total. The van der Waals surface area contributed by atoms with Gasteiger partial charge in [0, 0.05) is 15.4 Å². The normalized spacial score (nSPS) is 9.95. The Morgan fingerprint density at radius 2 is 1.84 bits per heavy atom. The number of hydrogen-bond donors (Lipinski definition) is 0. The number of nitrogens with zero attached hydrogens (tertiary/aromatic N) is 1. The Kier molecular flexibility index (Phi) is 4.03. The Bertz CT molecular complexity index is 653. The van der Waals surface area contributed by atoms with Crippen molar-refractivity contribution in [2.24, 2.45) is 0 Å². The van der Waals surface area contributed by atoms with Crippen LogP contribution in [0.4, 0.5) is 0 Å². The first-order chi connectivity index (χ1) is 9.10. The molecule has 0 aromatic heterocycles. The standard InChI is InChI=1S/C16H13NOS/c1-11-9-13(10-17)3-8-16(11)19-15-6-4-14(5-7-15)12(2)18/h3-9H,1-2H3. The van der Waals surface area contributed by atoms with Gasteiger partial charge in [0.2, 0.25) is 0 Å². The maximum Gasteiger partial charge on any atom is 0.159 e. The molecule has 2 aromatic rings. The second kappa shape index (κ2) is 5.73. The van der Waals surface area contributed by atoms with E-state index in [4.69, 9.17) is 5.26 Å². The summed E-state index contributed by atoms with van der Waals surface area (Å²) in [6, 6.07) is 15.3. The van der Waals surface area contributed by atoms with E-state index in [1.807, 2.05) is 49.4 Å². The molecule has 19 heavy (non-hydrogen) atoms. The molecule has 0 saturated carbocycles. The highest BCUT2D eigenvalue weighted by Crippen LogP contribution is 2.30. The average Bonchev–Trinajstić information content (AvgIpc) is 2.41. The molecule has 0 aliphatic carbocycles. The fourth-order valence-corrected chi connectivity index (χ4v) is 2.60. The van der Waals surface area contributed by atoms with Crippen molar-refractivity contribution in [3.05, 3.63) is 59.2 Å². The third-order valence-corrected chi connectivity index (χ3v) is 3.98. The molecule has 0 fully saturated rings. The molecule has 3 heteroatoms. The Labute approximate surface area is 117 Å². The summed E-state index contributed by atoms with van der Waals surface area (Å²) in [4.78, 5) is 13.4. The zero-order valence-corrected chi connectivity index (χ0v) is 11.6. The van der Waals surface area contributed by atoms with E-state index in [2.05, 4.69) is 6.07 Å². The molecule has 2 rings (SSSR count). The van der Waals surface area contributed by atoms with Crippen LogP contribution in [0.3, 0.4) is 0 Å². The van der Waals surface area contributed by atoms with Gasteiger partial charge in [-0.25, -0.2) is 0 Å². The Morgan fingerprint density at radius 3 is 2.37 bits per heavy atom. The molecule has 0 heterocycles. The Morgan fingerprint density at radius 1 is 1.16 bits per heavy atom. The van der Waals surface area contributed by atoms with Crippen LogP contribution in [-0.4, -0.2) is 5.78 Å². The van der Waals surface area contributed by atoms with Crippen LogP contribution in [0.2, 0.25) is 0 Å². The zero-order valence-electron chi connectivity index (χ0n) is 10.8. The Hall–Kier alpha value is -2.05. The van der Waals surface area contributed by atoms with Crippen molar-refractivity contribution in [1.29, 1.82) is 5.26 Å². The number of hydrogen-bond acceptors (Lipinski definition) is 3. The minimum atomic E-state index is 0.0751. The van der Waals surface area contributed by atoms with E-state index in [1.165, 1.54) is 0 Å². The number of aryl methyl sites for hydroxylation is 1. The lowest BCUT2D eigenvalue weighted by atomic mass is 10.1. The molecule has 0 amide bonds. The summed E-state index contributed by atoms with van der Waals surface area (Å²) in [6.45, 7) is 3.56. The van der Waals surface area contributed by atoms with E-state index in [0.29, 0.717) is 5.56 Å². The summed E-state index contributed by atoms with van der Waals surface area (Å²) < 4.78 is 0. The van der Waals surface area contributed by atoms with Crippen molar-refractivity contribution in [2.45, 2.75) is 23.6 Å². The maximum atomic E-state index is 11.2. The smallest absolute Gasteiger partial charge is 0.159 e. The lowest BCUT2D eigenvalue weighted by molar-refractivity contribution is 0.101. The number of carbonyl (C=O) groups is 1. The highest BCUT2D eigenvalue weighted by molar-refractivity contribution is 7.99. The number of ketones is 1. The molecule has 2 aromatic carbocycles. The van der Waals surface area contributed by atoms with Crippen molar-refractivity contribution in [3.8, 4) is 6.07 Å². The van der Waals surface area contributed by atoms with Crippen LogP contribution >= 0.6 is 11.8 Å². The average molecular weight is 267 g/mol. The first kappa shape index (κ1) is 13.4. The molecule has 0 aliphatic heterocycles. The molecule has 0 aliphatic rings. The van der Waals surface area contributed by atoms with Gasteiger partial charge in [0.05, 0.1) is 11.6 Å². The number of rotatable bonds is 3. The minimum Gasteiger partial charge on any atom is -0.295 e. The minimum absolute atomic E-state index is 0.0751. The number of carbonyl (C=O) groups excluding carboxylic acids is 1. The summed E-state index contributed by atoms with van der Waals surface area (Å²) in [6.07, 6.45) is 0. The predicted octanol–water partition coefficient (Wildman–Crippen LogP) is 4.22. The SMILES string of the molecule is CC(=O)c1ccc(Sc2ccc(C#N)cc2C)cc1. The third kappa shape index (κ3) is 3.24. The zero-order chi connectivity index (χ0) is 13.8. The van der Waals surface area contributed by atoms with Gasteiger partial charge < -0.3 is 0 Å². The first-order valence-electron chi connectivity index (χ1n) is 5.90. The van der Waals surface area contributed by atoms with Gasteiger partial charge in [0.25, 0.3) is 0 Å². The van der Waals surface area contributed by atoms with E-state index in [0.717, 1.165) is 20.9 Å². The van der Waals surface area contributed by atoms with Crippen molar-refractivity contribution in [3.63, 3.8) is 0 Å². The van der Waals surface area contributed by atoms with Crippen molar-refractivity contribution in [2.75, 3.05) is 0 Å². The summed E-state index contributed by atoms with van der Waals surface area (Å²) in [5, 5.41) is 8.84. The van der Waals surface area contributed by atoms with E-state index in [-0.39, 0.29) is 5.78 Å². The molecule has 94 valence electrons. The van der Waals surface area contributed by atoms with Crippen LogP contribution in [0.1, 0.15) is 28.4 Å². The number of Topliss-reactive ketones (excluding diaryl/α,β-unsaturated/α-hetero) is 1. The molecule has 0 saturated heterocycles. The second-order valence-electron chi connectivity index (χ2n) is 4.27. The van der Waals surface area contributed by atoms with Crippen LogP contribution in [0.25, 0.3) is 0 Å². The van der Waals surface area contributed by atoms with Crippen molar-refractivity contribution < 1.29 is 4.79 Å². The van der Waals surface area contributed by atoms with Crippen LogP contribution in [0.15, 0.2) is 52.3 Å². The number of nitriles is 1. The fraction of sp³-hybridized carbons (Fsp3) is 0.125. The first-order valence-corrected chi connectivity index (χ1v) is 6.71. The third-order valence-electron chi connectivity index (χ3n) is 2.79. The van der Waals surface area contributed by atoms with Gasteiger partial charge in [-0.1, -0.05) is 23.9 Å². The highest BCUT2D eigenvalue weighted by Gasteiger charge is 2.04. The van der Waals surface area contributed by atoms with Crippen LogP contribution in [-0.2, 0) is 0 Å². The van der Waals surface area contributed by atoms with Crippen molar-refractivity contribution >= 4 is 17.5 Å². The quantitative estimate of drug-likeness (QED) is 0.782. The number of benzene rings is 2. The van der Waals surface area contributed by atoms with Gasteiger partial charge in [0.1, 0.15) is 0 Å². The van der Waals surface area contributed by atoms with E-state index >= 15 is 0 Å². The van der Waals surface area contributed by atoms with Crippen molar-refractivity contribution in [1.82, 2.24) is 0 Å². The molecule has 0 bridgehead atoms. The largest absolute Gasteiger partial charge is 0.295 e. The van der Waals surface area contributed by atoms with Crippen LogP contribution in [0.5, 0.6) is 0 Å². The second-order valence-corrected chi connectivity index (χ2v) is 5.39. The van der Waals surface area contributed by atoms with Gasteiger partial charge in [-0.15, -0.1) is 0 Å². The van der Waals surface area contributed by atoms with Gasteiger partial charge in [-0.2, -0.15) is 5.26 Å². The maximum absolute atomic E-state index is 11.2.